The fourth-order valence-electron chi connectivity index (χ4n) is 1.66. The minimum atomic E-state index is 0.354. The molecule has 1 heterocycles. The van der Waals surface area contributed by atoms with Crippen molar-refractivity contribution in [1.82, 2.24) is 4.98 Å². The Morgan fingerprint density at radius 3 is 2.41 bits per heavy atom. The zero-order valence-electron chi connectivity index (χ0n) is 9.77. The molecule has 0 spiro atoms. The molecular formula is C14H12N2O. The lowest BCUT2D eigenvalue weighted by atomic mass is 10.1. The zero-order valence-corrected chi connectivity index (χ0v) is 9.77. The summed E-state index contributed by atoms with van der Waals surface area (Å²) in [4.78, 5) is 3.89. The Morgan fingerprint density at radius 2 is 1.76 bits per heavy atom. The van der Waals surface area contributed by atoms with E-state index in [1.54, 1.807) is 18.3 Å². The third kappa shape index (κ3) is 2.82. The van der Waals surface area contributed by atoms with Gasteiger partial charge in [0.2, 0.25) is 0 Å². The van der Waals surface area contributed by atoms with Crippen LogP contribution in [0.1, 0.15) is 16.8 Å². The van der Waals surface area contributed by atoms with E-state index in [4.69, 9.17) is 10.00 Å². The Hall–Kier alpha value is -2.34. The van der Waals surface area contributed by atoms with E-state index in [0.717, 1.165) is 16.9 Å². The van der Waals surface area contributed by atoms with E-state index in [1.807, 2.05) is 32.0 Å². The molecule has 0 N–H and O–H groups in total. The summed E-state index contributed by atoms with van der Waals surface area (Å²) >= 11 is 0. The number of aryl methyl sites for hydroxylation is 2. The van der Waals surface area contributed by atoms with Gasteiger partial charge in [-0.2, -0.15) is 5.26 Å². The predicted octanol–water partition coefficient (Wildman–Crippen LogP) is 3.36. The molecule has 2 rings (SSSR count). The highest BCUT2D eigenvalue weighted by Gasteiger charge is 2.01. The lowest BCUT2D eigenvalue weighted by Crippen LogP contribution is -1.88. The van der Waals surface area contributed by atoms with Gasteiger partial charge in [0.25, 0.3) is 0 Å². The van der Waals surface area contributed by atoms with E-state index in [2.05, 4.69) is 11.1 Å². The molecule has 17 heavy (non-hydrogen) atoms. The van der Waals surface area contributed by atoms with E-state index >= 15 is 0 Å². The van der Waals surface area contributed by atoms with Crippen molar-refractivity contribution in [3.8, 4) is 17.6 Å². The summed E-state index contributed by atoms with van der Waals surface area (Å²) in [7, 11) is 0. The van der Waals surface area contributed by atoms with Crippen LogP contribution in [0.2, 0.25) is 0 Å². The summed E-state index contributed by atoms with van der Waals surface area (Å²) in [6, 6.07) is 11.3. The Kier molecular flexibility index (Phi) is 3.06. The quantitative estimate of drug-likeness (QED) is 0.785. The van der Waals surface area contributed by atoms with Crippen LogP contribution in [0.25, 0.3) is 0 Å². The fraction of sp³-hybridized carbons (Fsp3) is 0.143. The summed E-state index contributed by atoms with van der Waals surface area (Å²) in [5, 5.41) is 8.75. The number of ether oxygens (including phenoxy) is 1. The second-order valence-electron chi connectivity index (χ2n) is 3.91. The minimum absolute atomic E-state index is 0.354. The minimum Gasteiger partial charge on any atom is -0.457 e. The highest BCUT2D eigenvalue weighted by molar-refractivity contribution is 5.38. The summed E-state index contributed by atoms with van der Waals surface area (Å²) in [6.07, 6.45) is 1.57. The first kappa shape index (κ1) is 11.2. The molecule has 0 aliphatic carbocycles. The highest BCUT2D eigenvalue weighted by atomic mass is 16.5. The van der Waals surface area contributed by atoms with Crippen LogP contribution < -0.4 is 4.74 Å². The molecule has 0 saturated carbocycles. The van der Waals surface area contributed by atoms with E-state index in [9.17, 15) is 0 Å². The van der Waals surface area contributed by atoms with E-state index < -0.39 is 0 Å². The molecule has 0 aliphatic heterocycles. The molecular weight excluding hydrogens is 212 g/mol. The van der Waals surface area contributed by atoms with Crippen molar-refractivity contribution in [2.24, 2.45) is 0 Å². The van der Waals surface area contributed by atoms with Crippen LogP contribution in [0, 0.1) is 25.2 Å². The maximum atomic E-state index is 8.75. The number of rotatable bonds is 2. The number of hydrogen-bond acceptors (Lipinski definition) is 3. The van der Waals surface area contributed by atoms with Gasteiger partial charge < -0.3 is 4.74 Å². The number of benzene rings is 1. The van der Waals surface area contributed by atoms with Crippen LogP contribution in [-0.4, -0.2) is 4.98 Å². The first-order chi connectivity index (χ1) is 8.17. The van der Waals surface area contributed by atoms with E-state index in [0.29, 0.717) is 11.4 Å². The number of aromatic nitrogens is 1. The van der Waals surface area contributed by atoms with Gasteiger partial charge in [-0.1, -0.05) is 6.07 Å². The Morgan fingerprint density at radius 1 is 1.06 bits per heavy atom. The maximum absolute atomic E-state index is 8.75. The molecule has 1 aromatic carbocycles. The lowest BCUT2D eigenvalue weighted by Gasteiger charge is -2.07. The molecule has 3 heteroatoms. The van der Waals surface area contributed by atoms with E-state index in [-0.39, 0.29) is 0 Å². The standard InChI is InChI=1S/C14H12N2O/c1-10-5-11(2)7-14(6-10)17-13-3-4-16-12(8-13)9-15/h3-8H,1-2H3. The third-order valence-electron chi connectivity index (χ3n) is 2.28. The van der Waals surface area contributed by atoms with Crippen LogP contribution in [0.4, 0.5) is 0 Å². The summed E-state index contributed by atoms with van der Waals surface area (Å²) in [6.45, 7) is 4.04. The van der Waals surface area contributed by atoms with Gasteiger partial charge in [-0.15, -0.1) is 0 Å². The zero-order chi connectivity index (χ0) is 12.3. The number of nitrogens with zero attached hydrogens (tertiary/aromatic N) is 2. The average molecular weight is 224 g/mol. The topological polar surface area (TPSA) is 45.9 Å². The molecule has 0 atom stereocenters. The molecule has 0 unspecified atom stereocenters. The Balaban J connectivity index is 2.28. The van der Waals surface area contributed by atoms with Crippen molar-refractivity contribution in [1.29, 1.82) is 5.26 Å². The SMILES string of the molecule is Cc1cc(C)cc(Oc2ccnc(C#N)c2)c1. The molecule has 2 aromatic rings. The predicted molar refractivity (Wildman–Crippen MR) is 64.9 cm³/mol. The second kappa shape index (κ2) is 4.67. The monoisotopic (exact) mass is 224 g/mol. The van der Waals surface area contributed by atoms with Crippen molar-refractivity contribution in [3.05, 3.63) is 53.3 Å². The van der Waals surface area contributed by atoms with Crippen LogP contribution in [0.3, 0.4) is 0 Å². The van der Waals surface area contributed by atoms with Gasteiger partial charge in [0, 0.05) is 12.3 Å². The molecule has 0 fully saturated rings. The van der Waals surface area contributed by atoms with Crippen LogP contribution in [0.15, 0.2) is 36.5 Å². The smallest absolute Gasteiger partial charge is 0.144 e. The van der Waals surface area contributed by atoms with Gasteiger partial charge in [-0.25, -0.2) is 4.98 Å². The van der Waals surface area contributed by atoms with Crippen LogP contribution in [0.5, 0.6) is 11.5 Å². The number of hydrogen-bond donors (Lipinski definition) is 0. The van der Waals surface area contributed by atoms with Gasteiger partial charge in [0.05, 0.1) is 0 Å². The number of nitriles is 1. The van der Waals surface area contributed by atoms with Crippen molar-refractivity contribution < 1.29 is 4.74 Å². The number of pyridine rings is 1. The highest BCUT2D eigenvalue weighted by Crippen LogP contribution is 2.23. The first-order valence-corrected chi connectivity index (χ1v) is 5.30. The average Bonchev–Trinajstić information content (AvgIpc) is 2.28. The lowest BCUT2D eigenvalue weighted by molar-refractivity contribution is 0.481. The Bertz CT molecular complexity index is 565. The molecule has 0 aliphatic rings. The second-order valence-corrected chi connectivity index (χ2v) is 3.91. The van der Waals surface area contributed by atoms with Crippen molar-refractivity contribution in [2.45, 2.75) is 13.8 Å². The van der Waals surface area contributed by atoms with E-state index in [1.165, 1.54) is 0 Å². The van der Waals surface area contributed by atoms with Crippen molar-refractivity contribution in [2.75, 3.05) is 0 Å². The van der Waals surface area contributed by atoms with Gasteiger partial charge in [-0.3, -0.25) is 0 Å². The van der Waals surface area contributed by atoms with Crippen LogP contribution in [-0.2, 0) is 0 Å². The fourth-order valence-corrected chi connectivity index (χ4v) is 1.66. The van der Waals surface area contributed by atoms with Crippen molar-refractivity contribution in [3.63, 3.8) is 0 Å². The van der Waals surface area contributed by atoms with Gasteiger partial charge in [-0.05, 0) is 43.2 Å². The molecule has 1 aromatic heterocycles. The van der Waals surface area contributed by atoms with Crippen molar-refractivity contribution >= 4 is 0 Å². The summed E-state index contributed by atoms with van der Waals surface area (Å²) in [5.41, 5.74) is 2.65. The summed E-state index contributed by atoms with van der Waals surface area (Å²) in [5.74, 6) is 1.40. The molecule has 0 radical (unpaired) electrons. The Labute approximate surface area is 100 Å². The van der Waals surface area contributed by atoms with Gasteiger partial charge in [0.1, 0.15) is 23.3 Å². The molecule has 0 bridgehead atoms. The van der Waals surface area contributed by atoms with Gasteiger partial charge in [0.15, 0.2) is 0 Å². The first-order valence-electron chi connectivity index (χ1n) is 5.30. The molecule has 3 nitrogen and oxygen atoms in total. The maximum Gasteiger partial charge on any atom is 0.144 e. The largest absolute Gasteiger partial charge is 0.457 e. The molecule has 0 saturated heterocycles. The van der Waals surface area contributed by atoms with Gasteiger partial charge >= 0.3 is 0 Å². The normalized spacial score (nSPS) is 9.71. The molecule has 84 valence electrons. The third-order valence-corrected chi connectivity index (χ3v) is 2.28. The van der Waals surface area contributed by atoms with Crippen LogP contribution >= 0.6 is 0 Å². The summed E-state index contributed by atoms with van der Waals surface area (Å²) < 4.78 is 5.69. The molecule has 0 amide bonds.